The molecule has 1 unspecified atom stereocenters. The molecule has 2 rings (SSSR count). The predicted molar refractivity (Wildman–Crippen MR) is 109 cm³/mol. The molecule has 0 bridgehead atoms. The van der Waals surface area contributed by atoms with Crippen LogP contribution in [0.5, 0.6) is 0 Å². The number of methoxy groups -OCH3 is 1. The summed E-state index contributed by atoms with van der Waals surface area (Å²) in [5, 5.41) is 3.34. The van der Waals surface area contributed by atoms with Gasteiger partial charge in [-0.25, -0.2) is 0 Å². The molecule has 3 N–H and O–H groups in total. The number of allylic oxidation sites excluding steroid dienone is 1. The summed E-state index contributed by atoms with van der Waals surface area (Å²) < 4.78 is 5.03. The number of carbonyl (C=O) groups is 1. The van der Waals surface area contributed by atoms with Gasteiger partial charge in [0.25, 0.3) is 5.91 Å². The summed E-state index contributed by atoms with van der Waals surface area (Å²) >= 11 is 1.55. The minimum Gasteiger partial charge on any atom is -0.481 e. The van der Waals surface area contributed by atoms with Crippen LogP contribution in [-0.4, -0.2) is 36.9 Å². The van der Waals surface area contributed by atoms with Gasteiger partial charge < -0.3 is 15.8 Å². The standard InChI is InChI=1S/C19H24N4O2S/c1-13(8-9-16(21-3)25-4)22-17(24)14-6-5-7-15(12-14)19(2)10-11-26-18(20)23-19/h5-9,12H,1,10-11H2,2-4H3,(H2,20,23)(H,22,24)/b9-8-,21-16+. The molecule has 26 heavy (non-hydrogen) atoms. The zero-order valence-electron chi connectivity index (χ0n) is 15.3. The number of aliphatic imine (C=N–C) groups is 2. The van der Waals surface area contributed by atoms with Crippen molar-refractivity contribution in [2.24, 2.45) is 15.7 Å². The van der Waals surface area contributed by atoms with Gasteiger partial charge in [0.05, 0.1) is 12.6 Å². The van der Waals surface area contributed by atoms with E-state index in [1.54, 1.807) is 37.0 Å². The number of benzene rings is 1. The third-order valence-corrected chi connectivity index (χ3v) is 4.87. The van der Waals surface area contributed by atoms with Crippen LogP contribution in [0.2, 0.25) is 0 Å². The number of nitrogens with two attached hydrogens (primary N) is 1. The van der Waals surface area contributed by atoms with Crippen LogP contribution in [0.1, 0.15) is 29.3 Å². The van der Waals surface area contributed by atoms with Crippen LogP contribution < -0.4 is 11.1 Å². The minimum atomic E-state index is -0.409. The lowest BCUT2D eigenvalue weighted by molar-refractivity contribution is 0.0967. The number of hydrogen-bond donors (Lipinski definition) is 2. The Hall–Kier alpha value is -2.54. The van der Waals surface area contributed by atoms with Crippen LogP contribution in [0.3, 0.4) is 0 Å². The lowest BCUT2D eigenvalue weighted by Crippen LogP contribution is -2.29. The Morgan fingerprint density at radius 3 is 2.92 bits per heavy atom. The maximum absolute atomic E-state index is 12.5. The lowest BCUT2D eigenvalue weighted by Gasteiger charge is -2.30. The first-order valence-electron chi connectivity index (χ1n) is 8.16. The molecule has 1 aliphatic rings. The highest BCUT2D eigenvalue weighted by molar-refractivity contribution is 8.13. The van der Waals surface area contributed by atoms with E-state index < -0.39 is 5.54 Å². The summed E-state index contributed by atoms with van der Waals surface area (Å²) in [6, 6.07) is 7.44. The molecule has 0 aliphatic carbocycles. The predicted octanol–water partition coefficient (Wildman–Crippen LogP) is 2.83. The third-order valence-electron chi connectivity index (χ3n) is 4.07. The van der Waals surface area contributed by atoms with E-state index in [4.69, 9.17) is 10.5 Å². The van der Waals surface area contributed by atoms with Gasteiger partial charge in [0, 0.05) is 30.1 Å². The fraction of sp³-hybridized carbons (Fsp3) is 0.316. The number of nitrogens with zero attached hydrogens (tertiary/aromatic N) is 2. The van der Waals surface area contributed by atoms with Crippen LogP contribution >= 0.6 is 11.8 Å². The van der Waals surface area contributed by atoms with Crippen LogP contribution in [0.4, 0.5) is 0 Å². The number of ether oxygens (including phenoxy) is 1. The molecule has 1 amide bonds. The van der Waals surface area contributed by atoms with Gasteiger partial charge in [-0.15, -0.1) is 0 Å². The van der Waals surface area contributed by atoms with E-state index in [0.29, 0.717) is 22.3 Å². The highest BCUT2D eigenvalue weighted by Gasteiger charge is 2.29. The third kappa shape index (κ3) is 4.98. The fourth-order valence-electron chi connectivity index (χ4n) is 2.56. The summed E-state index contributed by atoms with van der Waals surface area (Å²) in [5.74, 6) is 1.12. The summed E-state index contributed by atoms with van der Waals surface area (Å²) in [4.78, 5) is 21.0. The first-order chi connectivity index (χ1) is 12.4. The van der Waals surface area contributed by atoms with Crippen molar-refractivity contribution in [1.29, 1.82) is 0 Å². The van der Waals surface area contributed by atoms with E-state index in [2.05, 4.69) is 21.9 Å². The summed E-state index contributed by atoms with van der Waals surface area (Å²) in [6.07, 6.45) is 4.14. The minimum absolute atomic E-state index is 0.236. The van der Waals surface area contributed by atoms with Crippen molar-refractivity contribution >= 4 is 28.7 Å². The molecule has 0 saturated carbocycles. The molecule has 0 aromatic heterocycles. The number of rotatable bonds is 5. The van der Waals surface area contributed by atoms with Crippen molar-refractivity contribution in [2.75, 3.05) is 19.9 Å². The molecule has 1 atom stereocenters. The number of carbonyl (C=O) groups excluding carboxylic acids is 1. The van der Waals surface area contributed by atoms with Crippen molar-refractivity contribution in [3.05, 3.63) is 59.8 Å². The normalized spacial score (nSPS) is 20.6. The van der Waals surface area contributed by atoms with Gasteiger partial charge in [0.15, 0.2) is 5.17 Å². The van der Waals surface area contributed by atoms with E-state index in [1.165, 1.54) is 7.11 Å². The van der Waals surface area contributed by atoms with E-state index in [0.717, 1.165) is 17.7 Å². The van der Waals surface area contributed by atoms with Gasteiger partial charge in [-0.05, 0) is 37.1 Å². The molecule has 1 aromatic rings. The second-order valence-electron chi connectivity index (χ2n) is 5.98. The number of amidine groups is 1. The second-order valence-corrected chi connectivity index (χ2v) is 7.10. The molecule has 0 fully saturated rings. The SMILES string of the molecule is C=C(/C=C\C(=N/C)OC)NC(=O)c1cccc(C2(C)CCSC(N)=N2)c1. The molecular weight excluding hydrogens is 348 g/mol. The molecule has 1 heterocycles. The molecule has 0 radical (unpaired) electrons. The maximum atomic E-state index is 12.5. The van der Waals surface area contributed by atoms with Gasteiger partial charge in [0.1, 0.15) is 0 Å². The maximum Gasteiger partial charge on any atom is 0.255 e. The number of hydrogen-bond acceptors (Lipinski definition) is 6. The largest absolute Gasteiger partial charge is 0.481 e. The summed E-state index contributed by atoms with van der Waals surface area (Å²) in [5.41, 5.74) is 7.43. The van der Waals surface area contributed by atoms with E-state index in [1.807, 2.05) is 25.1 Å². The molecule has 0 spiro atoms. The quantitative estimate of drug-likeness (QED) is 0.472. The zero-order valence-corrected chi connectivity index (χ0v) is 16.1. The Balaban J connectivity index is 2.13. The van der Waals surface area contributed by atoms with Gasteiger partial charge in [0.2, 0.25) is 5.90 Å². The van der Waals surface area contributed by atoms with Gasteiger partial charge in [-0.3, -0.25) is 14.8 Å². The molecule has 1 aromatic carbocycles. The van der Waals surface area contributed by atoms with Crippen LogP contribution in [0.25, 0.3) is 0 Å². The molecule has 0 saturated heterocycles. The van der Waals surface area contributed by atoms with E-state index >= 15 is 0 Å². The van der Waals surface area contributed by atoms with Gasteiger partial charge >= 0.3 is 0 Å². The second kappa shape index (κ2) is 8.71. The van der Waals surface area contributed by atoms with E-state index in [-0.39, 0.29) is 5.91 Å². The van der Waals surface area contributed by atoms with Crippen molar-refractivity contribution in [3.8, 4) is 0 Å². The van der Waals surface area contributed by atoms with Gasteiger partial charge in [-0.2, -0.15) is 0 Å². The highest BCUT2D eigenvalue weighted by atomic mass is 32.2. The first kappa shape index (κ1) is 19.8. The van der Waals surface area contributed by atoms with Crippen molar-refractivity contribution in [3.63, 3.8) is 0 Å². The van der Waals surface area contributed by atoms with E-state index in [9.17, 15) is 4.79 Å². The number of amides is 1. The smallest absolute Gasteiger partial charge is 0.255 e. The number of nitrogens with one attached hydrogen (secondary N) is 1. The molecule has 7 heteroatoms. The molecule has 138 valence electrons. The topological polar surface area (TPSA) is 89.1 Å². The Kier molecular flexibility index (Phi) is 6.63. The lowest BCUT2D eigenvalue weighted by atomic mass is 9.88. The first-order valence-corrected chi connectivity index (χ1v) is 9.14. The van der Waals surface area contributed by atoms with Crippen molar-refractivity contribution < 1.29 is 9.53 Å². The monoisotopic (exact) mass is 372 g/mol. The zero-order chi connectivity index (χ0) is 19.2. The van der Waals surface area contributed by atoms with Crippen molar-refractivity contribution in [1.82, 2.24) is 5.32 Å². The van der Waals surface area contributed by atoms with Crippen LogP contribution in [-0.2, 0) is 10.3 Å². The molecule has 1 aliphatic heterocycles. The summed E-state index contributed by atoms with van der Waals surface area (Å²) in [7, 11) is 3.15. The average molecular weight is 372 g/mol. The molecule has 6 nitrogen and oxygen atoms in total. The Bertz CT molecular complexity index is 785. The van der Waals surface area contributed by atoms with Crippen LogP contribution in [0, 0.1) is 0 Å². The Morgan fingerprint density at radius 2 is 2.27 bits per heavy atom. The molecular formula is C19H24N4O2S. The Morgan fingerprint density at radius 1 is 1.50 bits per heavy atom. The highest BCUT2D eigenvalue weighted by Crippen LogP contribution is 2.35. The number of thioether (sulfide) groups is 1. The summed E-state index contributed by atoms with van der Waals surface area (Å²) in [6.45, 7) is 5.86. The average Bonchev–Trinajstić information content (AvgIpc) is 2.62. The van der Waals surface area contributed by atoms with Gasteiger partial charge in [-0.1, -0.05) is 30.5 Å². The van der Waals surface area contributed by atoms with Crippen LogP contribution in [0.15, 0.2) is 58.7 Å². The fourth-order valence-corrected chi connectivity index (χ4v) is 3.53. The Labute approximate surface area is 158 Å². The van der Waals surface area contributed by atoms with Crippen molar-refractivity contribution in [2.45, 2.75) is 18.9 Å².